The van der Waals surface area contributed by atoms with Crippen LogP contribution in [-0.2, 0) is 10.0 Å². The summed E-state index contributed by atoms with van der Waals surface area (Å²) in [4.78, 5) is -0.575. The molecule has 2 aromatic carbocycles. The van der Waals surface area contributed by atoms with Gasteiger partial charge in [0.25, 0.3) is 10.0 Å². The molecule has 8 heteroatoms. The Bertz CT molecular complexity index is 766. The van der Waals surface area contributed by atoms with E-state index in [1.54, 1.807) is 0 Å². The monoisotopic (exact) mass is 362 g/mol. The van der Waals surface area contributed by atoms with E-state index in [0.29, 0.717) is 0 Å². The summed E-state index contributed by atoms with van der Waals surface area (Å²) in [5.41, 5.74) is 5.66. The lowest BCUT2D eigenvalue weighted by Gasteiger charge is -2.11. The molecule has 2 aromatic rings. The average Bonchev–Trinajstić information content (AvgIpc) is 2.35. The molecule has 0 radical (unpaired) electrons. The minimum Gasteiger partial charge on any atom is -0.399 e. The van der Waals surface area contributed by atoms with Crippen LogP contribution in [0.4, 0.5) is 20.2 Å². The quantitative estimate of drug-likeness (QED) is 0.824. The Balaban J connectivity index is 2.43. The first-order valence-electron chi connectivity index (χ1n) is 5.32. The third kappa shape index (κ3) is 3.07. The molecule has 20 heavy (non-hydrogen) atoms. The van der Waals surface area contributed by atoms with Crippen LogP contribution in [0.1, 0.15) is 0 Å². The van der Waals surface area contributed by atoms with Crippen molar-refractivity contribution in [3.8, 4) is 0 Å². The highest BCUT2D eigenvalue weighted by Gasteiger charge is 2.20. The first kappa shape index (κ1) is 14.7. The van der Waals surface area contributed by atoms with E-state index in [4.69, 9.17) is 5.73 Å². The molecule has 0 heterocycles. The predicted octanol–water partition coefficient (Wildman–Crippen LogP) is 3.11. The van der Waals surface area contributed by atoms with Crippen molar-refractivity contribution < 1.29 is 17.2 Å². The van der Waals surface area contributed by atoms with Gasteiger partial charge in [-0.15, -0.1) is 0 Å². The highest BCUT2D eigenvalue weighted by Crippen LogP contribution is 2.27. The van der Waals surface area contributed by atoms with Gasteiger partial charge in [0, 0.05) is 10.2 Å². The Morgan fingerprint density at radius 2 is 1.80 bits per heavy atom. The van der Waals surface area contributed by atoms with Gasteiger partial charge in [-0.1, -0.05) is 0 Å². The van der Waals surface area contributed by atoms with E-state index in [2.05, 4.69) is 20.7 Å². The zero-order chi connectivity index (χ0) is 14.9. The zero-order valence-corrected chi connectivity index (χ0v) is 12.3. The number of hydrogen-bond donors (Lipinski definition) is 2. The van der Waals surface area contributed by atoms with Crippen molar-refractivity contribution in [2.24, 2.45) is 0 Å². The Morgan fingerprint density at radius 3 is 2.45 bits per heavy atom. The highest BCUT2D eigenvalue weighted by atomic mass is 79.9. The molecule has 0 aliphatic carbocycles. The molecule has 0 aliphatic heterocycles. The minimum atomic E-state index is -4.16. The van der Waals surface area contributed by atoms with E-state index >= 15 is 0 Å². The lowest BCUT2D eigenvalue weighted by Crippen LogP contribution is -2.15. The molecule has 2 rings (SSSR count). The number of anilines is 2. The molecule has 0 aromatic heterocycles. The maximum Gasteiger partial charge on any atom is 0.264 e. The van der Waals surface area contributed by atoms with Gasteiger partial charge in [-0.05, 0) is 52.3 Å². The molecule has 4 nitrogen and oxygen atoms in total. The maximum atomic E-state index is 13.6. The number of sulfonamides is 1. The van der Waals surface area contributed by atoms with Crippen molar-refractivity contribution in [3.63, 3.8) is 0 Å². The summed E-state index contributed by atoms with van der Waals surface area (Å²) >= 11 is 3.02. The molecule has 0 fully saturated rings. The van der Waals surface area contributed by atoms with Gasteiger partial charge in [0.1, 0.15) is 16.5 Å². The Morgan fingerprint density at radius 1 is 1.10 bits per heavy atom. The summed E-state index contributed by atoms with van der Waals surface area (Å²) in [6.45, 7) is 0. The van der Waals surface area contributed by atoms with Gasteiger partial charge in [0.2, 0.25) is 0 Å². The van der Waals surface area contributed by atoms with Gasteiger partial charge in [0.15, 0.2) is 0 Å². The molecule has 0 spiro atoms. The normalized spacial score (nSPS) is 11.3. The summed E-state index contributed by atoms with van der Waals surface area (Å²) in [7, 11) is -4.16. The standard InChI is InChI=1S/C12H9BrF2N2O2S/c13-9-5-7(14)1-4-11(9)17-20(18,19)12-6-8(16)2-3-10(12)15/h1-6,17H,16H2. The number of hydrogen-bond acceptors (Lipinski definition) is 3. The Hall–Kier alpha value is -1.67. The maximum absolute atomic E-state index is 13.6. The fraction of sp³-hybridized carbons (Fsp3) is 0. The lowest BCUT2D eigenvalue weighted by atomic mass is 10.3. The number of benzene rings is 2. The summed E-state index contributed by atoms with van der Waals surface area (Å²) in [5.74, 6) is -1.46. The average molecular weight is 363 g/mol. The van der Waals surface area contributed by atoms with Crippen LogP contribution in [0.2, 0.25) is 0 Å². The first-order valence-corrected chi connectivity index (χ1v) is 7.60. The summed E-state index contributed by atoms with van der Waals surface area (Å²) in [6.07, 6.45) is 0. The van der Waals surface area contributed by atoms with Crippen molar-refractivity contribution >= 4 is 37.3 Å². The van der Waals surface area contributed by atoms with Crippen molar-refractivity contribution in [3.05, 3.63) is 52.5 Å². The van der Waals surface area contributed by atoms with E-state index in [0.717, 1.165) is 24.3 Å². The van der Waals surface area contributed by atoms with Crippen molar-refractivity contribution in [1.82, 2.24) is 0 Å². The summed E-state index contributed by atoms with van der Waals surface area (Å²) in [5, 5.41) is 0. The van der Waals surface area contributed by atoms with Crippen LogP contribution >= 0.6 is 15.9 Å². The van der Waals surface area contributed by atoms with Crippen LogP contribution < -0.4 is 10.5 Å². The molecule has 3 N–H and O–H groups in total. The molecule has 106 valence electrons. The second-order valence-corrected chi connectivity index (χ2v) is 6.42. The molecule has 0 aliphatic rings. The van der Waals surface area contributed by atoms with Crippen LogP contribution in [0, 0.1) is 11.6 Å². The number of nitrogens with one attached hydrogen (secondary N) is 1. The Labute approximate surface area is 122 Å². The summed E-state index contributed by atoms with van der Waals surface area (Å²) in [6, 6.07) is 6.62. The van der Waals surface area contributed by atoms with Crippen LogP contribution in [0.25, 0.3) is 0 Å². The smallest absolute Gasteiger partial charge is 0.264 e. The van der Waals surface area contributed by atoms with Crippen molar-refractivity contribution in [2.75, 3.05) is 10.5 Å². The Kier molecular flexibility index (Phi) is 3.96. The van der Waals surface area contributed by atoms with Crippen molar-refractivity contribution in [2.45, 2.75) is 4.90 Å². The van der Waals surface area contributed by atoms with E-state index < -0.39 is 26.6 Å². The topological polar surface area (TPSA) is 72.2 Å². The van der Waals surface area contributed by atoms with Crippen LogP contribution in [-0.4, -0.2) is 8.42 Å². The first-order chi connectivity index (χ1) is 9.29. The fourth-order valence-electron chi connectivity index (χ4n) is 1.50. The van der Waals surface area contributed by atoms with Gasteiger partial charge in [-0.25, -0.2) is 17.2 Å². The highest BCUT2D eigenvalue weighted by molar-refractivity contribution is 9.10. The zero-order valence-electron chi connectivity index (χ0n) is 9.90. The largest absolute Gasteiger partial charge is 0.399 e. The molecule has 0 bridgehead atoms. The number of nitrogens with two attached hydrogens (primary N) is 1. The third-order valence-electron chi connectivity index (χ3n) is 2.42. The fourth-order valence-corrected chi connectivity index (χ4v) is 3.27. The molecule has 0 unspecified atom stereocenters. The minimum absolute atomic E-state index is 0.0909. The third-order valence-corrected chi connectivity index (χ3v) is 4.46. The van der Waals surface area contributed by atoms with Crippen LogP contribution in [0.5, 0.6) is 0 Å². The van der Waals surface area contributed by atoms with E-state index in [9.17, 15) is 17.2 Å². The second-order valence-electron chi connectivity index (χ2n) is 3.92. The second kappa shape index (κ2) is 5.37. The summed E-state index contributed by atoms with van der Waals surface area (Å²) < 4.78 is 53.1. The molecule has 0 saturated heterocycles. The van der Waals surface area contributed by atoms with Gasteiger partial charge in [-0.2, -0.15) is 0 Å². The van der Waals surface area contributed by atoms with E-state index in [-0.39, 0.29) is 15.8 Å². The van der Waals surface area contributed by atoms with E-state index in [1.807, 2.05) is 0 Å². The number of rotatable bonds is 3. The number of nitrogen functional groups attached to an aromatic ring is 1. The van der Waals surface area contributed by atoms with Gasteiger partial charge in [-0.3, -0.25) is 4.72 Å². The van der Waals surface area contributed by atoms with Gasteiger partial charge >= 0.3 is 0 Å². The molecular weight excluding hydrogens is 354 g/mol. The van der Waals surface area contributed by atoms with Crippen LogP contribution in [0.3, 0.4) is 0 Å². The van der Waals surface area contributed by atoms with Gasteiger partial charge < -0.3 is 5.73 Å². The lowest BCUT2D eigenvalue weighted by molar-refractivity contribution is 0.570. The molecular formula is C12H9BrF2N2O2S. The van der Waals surface area contributed by atoms with Crippen molar-refractivity contribution in [1.29, 1.82) is 0 Å². The molecule has 0 amide bonds. The molecule has 0 saturated carbocycles. The SMILES string of the molecule is Nc1ccc(F)c(S(=O)(=O)Nc2ccc(F)cc2Br)c1. The van der Waals surface area contributed by atoms with Gasteiger partial charge in [0.05, 0.1) is 5.69 Å². The van der Waals surface area contributed by atoms with E-state index in [1.165, 1.54) is 12.1 Å². The molecule has 0 atom stereocenters. The number of halogens is 3. The van der Waals surface area contributed by atoms with Crippen LogP contribution in [0.15, 0.2) is 45.8 Å². The predicted molar refractivity (Wildman–Crippen MR) is 75.7 cm³/mol.